The summed E-state index contributed by atoms with van der Waals surface area (Å²) in [6.45, 7) is 2.40. The molecule has 7 heteroatoms. The minimum atomic E-state index is -0.618. The van der Waals surface area contributed by atoms with Gasteiger partial charge in [0.25, 0.3) is 0 Å². The van der Waals surface area contributed by atoms with Gasteiger partial charge in [0.05, 0.1) is 5.75 Å². The predicted molar refractivity (Wildman–Crippen MR) is 163 cm³/mol. The fourth-order valence-electron chi connectivity index (χ4n) is 4.98. The van der Waals surface area contributed by atoms with Gasteiger partial charge >= 0.3 is 0 Å². The van der Waals surface area contributed by atoms with E-state index in [1.807, 2.05) is 67.6 Å². The summed E-state index contributed by atoms with van der Waals surface area (Å²) in [6.07, 6.45) is 5.90. The number of rotatable bonds is 11. The standard InChI is InChI=1S/C32H36Cl2N2O2S/c1-23-15-17-25(18-16-23)20-36(31(37)22-39-21-27-28(33)13-8-14-29(27)34)30(19-24-9-4-2-5-10-24)32(38)35-26-11-6-3-7-12-26/h2,4-5,8-10,13-18,26,30H,3,6-7,11-12,19-22H2,1H3,(H,35,38)/t30-/m1/s1. The molecule has 1 saturated carbocycles. The summed E-state index contributed by atoms with van der Waals surface area (Å²) in [6, 6.07) is 23.1. The van der Waals surface area contributed by atoms with E-state index in [9.17, 15) is 9.59 Å². The topological polar surface area (TPSA) is 49.4 Å². The zero-order valence-electron chi connectivity index (χ0n) is 22.4. The number of nitrogens with zero attached hydrogens (tertiary/aromatic N) is 1. The van der Waals surface area contributed by atoms with Crippen LogP contribution in [0.1, 0.15) is 54.4 Å². The summed E-state index contributed by atoms with van der Waals surface area (Å²) < 4.78 is 0. The number of halogens is 2. The van der Waals surface area contributed by atoms with Gasteiger partial charge in [-0.25, -0.2) is 0 Å². The van der Waals surface area contributed by atoms with Crippen LogP contribution in [-0.2, 0) is 28.3 Å². The minimum absolute atomic E-state index is 0.0784. The van der Waals surface area contributed by atoms with E-state index in [1.165, 1.54) is 18.2 Å². The maximum Gasteiger partial charge on any atom is 0.243 e. The van der Waals surface area contributed by atoms with E-state index in [-0.39, 0.29) is 23.6 Å². The van der Waals surface area contributed by atoms with Crippen molar-refractivity contribution in [3.63, 3.8) is 0 Å². The summed E-state index contributed by atoms with van der Waals surface area (Å²) >= 11 is 14.2. The molecule has 39 heavy (non-hydrogen) atoms. The molecule has 4 nitrogen and oxygen atoms in total. The van der Waals surface area contributed by atoms with Crippen molar-refractivity contribution in [2.24, 2.45) is 0 Å². The van der Waals surface area contributed by atoms with E-state index in [4.69, 9.17) is 23.2 Å². The Balaban J connectivity index is 1.57. The fraction of sp³-hybridized carbons (Fsp3) is 0.375. The second-order valence-corrected chi connectivity index (χ2v) is 12.0. The van der Waals surface area contributed by atoms with E-state index in [1.54, 1.807) is 17.0 Å². The molecule has 0 saturated heterocycles. The maximum atomic E-state index is 13.9. The number of thioether (sulfide) groups is 1. The van der Waals surface area contributed by atoms with Gasteiger partial charge in [0.15, 0.2) is 0 Å². The Bertz CT molecular complexity index is 1210. The second kappa shape index (κ2) is 14.8. The molecular formula is C32H36Cl2N2O2S. The average molecular weight is 584 g/mol. The van der Waals surface area contributed by atoms with E-state index < -0.39 is 6.04 Å². The SMILES string of the molecule is Cc1ccc(CN(C(=O)CSCc2c(Cl)cccc2Cl)[C@H](Cc2ccccc2)C(=O)NC2CCCCC2)cc1. The Morgan fingerprint density at radius 3 is 2.23 bits per heavy atom. The van der Waals surface area contributed by atoms with Crippen molar-refractivity contribution in [2.75, 3.05) is 5.75 Å². The molecule has 0 aliphatic heterocycles. The van der Waals surface area contributed by atoms with Gasteiger partial charge in [-0.15, -0.1) is 11.8 Å². The van der Waals surface area contributed by atoms with Gasteiger partial charge in [-0.1, -0.05) is 109 Å². The van der Waals surface area contributed by atoms with Crippen molar-refractivity contribution in [1.29, 1.82) is 0 Å². The van der Waals surface area contributed by atoms with E-state index in [2.05, 4.69) is 5.32 Å². The molecule has 0 unspecified atom stereocenters. The molecule has 4 rings (SSSR count). The first-order valence-electron chi connectivity index (χ1n) is 13.6. The summed E-state index contributed by atoms with van der Waals surface area (Å²) in [5.41, 5.74) is 3.99. The van der Waals surface area contributed by atoms with Crippen molar-refractivity contribution in [2.45, 2.75) is 69.8 Å². The molecule has 0 radical (unpaired) electrons. The first kappa shape index (κ1) is 29.5. The van der Waals surface area contributed by atoms with Gasteiger partial charge < -0.3 is 10.2 Å². The van der Waals surface area contributed by atoms with Crippen molar-refractivity contribution >= 4 is 46.8 Å². The zero-order chi connectivity index (χ0) is 27.6. The highest BCUT2D eigenvalue weighted by atomic mass is 35.5. The van der Waals surface area contributed by atoms with Crippen LogP contribution in [-0.4, -0.2) is 34.6 Å². The number of amides is 2. The average Bonchev–Trinajstić information content (AvgIpc) is 2.94. The Kier molecular flexibility index (Phi) is 11.2. The number of hydrogen-bond donors (Lipinski definition) is 1. The second-order valence-electron chi connectivity index (χ2n) is 10.2. The summed E-state index contributed by atoms with van der Waals surface area (Å²) in [7, 11) is 0. The van der Waals surface area contributed by atoms with E-state index in [0.29, 0.717) is 28.8 Å². The van der Waals surface area contributed by atoms with Crippen LogP contribution >= 0.6 is 35.0 Å². The molecule has 1 atom stereocenters. The molecular weight excluding hydrogens is 547 g/mol. The molecule has 1 N–H and O–H groups in total. The van der Waals surface area contributed by atoms with Crippen LogP contribution in [0.15, 0.2) is 72.8 Å². The van der Waals surface area contributed by atoms with Crippen molar-refractivity contribution in [1.82, 2.24) is 10.2 Å². The van der Waals surface area contributed by atoms with E-state index in [0.717, 1.165) is 47.9 Å². The molecule has 0 bridgehead atoms. The number of carbonyl (C=O) groups excluding carboxylic acids is 2. The van der Waals surface area contributed by atoms with Gasteiger partial charge in [0, 0.05) is 34.8 Å². The molecule has 3 aromatic rings. The lowest BCUT2D eigenvalue weighted by Gasteiger charge is -2.33. The predicted octanol–water partition coefficient (Wildman–Crippen LogP) is 7.62. The molecule has 206 valence electrons. The van der Waals surface area contributed by atoms with Crippen LogP contribution in [0.4, 0.5) is 0 Å². The van der Waals surface area contributed by atoms with Crippen LogP contribution in [0.3, 0.4) is 0 Å². The van der Waals surface area contributed by atoms with Gasteiger partial charge in [0.2, 0.25) is 11.8 Å². The quantitative estimate of drug-likeness (QED) is 0.253. The van der Waals surface area contributed by atoms with Crippen LogP contribution in [0.2, 0.25) is 10.0 Å². The van der Waals surface area contributed by atoms with Crippen LogP contribution < -0.4 is 5.32 Å². The molecule has 1 aliphatic rings. The monoisotopic (exact) mass is 582 g/mol. The number of aryl methyl sites for hydroxylation is 1. The third-order valence-corrected chi connectivity index (χ3v) is 8.88. The lowest BCUT2D eigenvalue weighted by Crippen LogP contribution is -2.53. The molecule has 0 heterocycles. The Morgan fingerprint density at radius 2 is 1.56 bits per heavy atom. The Morgan fingerprint density at radius 1 is 0.897 bits per heavy atom. The summed E-state index contributed by atoms with van der Waals surface area (Å²) in [4.78, 5) is 29.5. The molecule has 1 aliphatic carbocycles. The summed E-state index contributed by atoms with van der Waals surface area (Å²) in [5, 5.41) is 4.47. The molecule has 2 amide bonds. The molecule has 0 aromatic heterocycles. The van der Waals surface area contributed by atoms with Crippen LogP contribution in [0.25, 0.3) is 0 Å². The lowest BCUT2D eigenvalue weighted by atomic mass is 9.94. The number of benzene rings is 3. The Hall–Kier alpha value is -2.47. The van der Waals surface area contributed by atoms with E-state index >= 15 is 0 Å². The molecule has 3 aromatic carbocycles. The largest absolute Gasteiger partial charge is 0.352 e. The molecule has 0 spiro atoms. The highest BCUT2D eigenvalue weighted by molar-refractivity contribution is 7.99. The summed E-state index contributed by atoms with van der Waals surface area (Å²) in [5.74, 6) is 0.573. The lowest BCUT2D eigenvalue weighted by molar-refractivity contribution is -0.139. The highest BCUT2D eigenvalue weighted by Crippen LogP contribution is 2.29. The maximum absolute atomic E-state index is 13.9. The van der Waals surface area contributed by atoms with Crippen LogP contribution in [0, 0.1) is 6.92 Å². The minimum Gasteiger partial charge on any atom is -0.352 e. The van der Waals surface area contributed by atoms with Crippen molar-refractivity contribution in [3.8, 4) is 0 Å². The fourth-order valence-corrected chi connectivity index (χ4v) is 6.63. The molecule has 1 fully saturated rings. The third-order valence-electron chi connectivity index (χ3n) is 7.23. The highest BCUT2D eigenvalue weighted by Gasteiger charge is 2.32. The number of nitrogens with one attached hydrogen (secondary N) is 1. The number of carbonyl (C=O) groups is 2. The van der Waals surface area contributed by atoms with Gasteiger partial charge in [0.1, 0.15) is 6.04 Å². The van der Waals surface area contributed by atoms with Crippen molar-refractivity contribution < 1.29 is 9.59 Å². The van der Waals surface area contributed by atoms with Gasteiger partial charge in [-0.05, 0) is 48.6 Å². The van der Waals surface area contributed by atoms with Gasteiger partial charge in [-0.2, -0.15) is 0 Å². The zero-order valence-corrected chi connectivity index (χ0v) is 24.7. The Labute approximate surface area is 246 Å². The first-order valence-corrected chi connectivity index (χ1v) is 15.5. The van der Waals surface area contributed by atoms with Gasteiger partial charge in [-0.3, -0.25) is 9.59 Å². The smallest absolute Gasteiger partial charge is 0.243 e. The van der Waals surface area contributed by atoms with Crippen LogP contribution in [0.5, 0.6) is 0 Å². The first-order chi connectivity index (χ1) is 18.9. The normalized spacial score (nSPS) is 14.5. The van der Waals surface area contributed by atoms with Crippen molar-refractivity contribution in [3.05, 3.63) is 105 Å². The third kappa shape index (κ3) is 8.76. The number of hydrogen-bond acceptors (Lipinski definition) is 3.